The molecular formula is C37H45NO11. The predicted molar refractivity (Wildman–Crippen MR) is 181 cm³/mol. The maximum absolute atomic E-state index is 14.0. The number of aliphatic hydroxyl groups is 2. The molecule has 2 aliphatic heterocycles. The van der Waals surface area contributed by atoms with E-state index in [1.807, 2.05) is 6.92 Å². The third kappa shape index (κ3) is 6.28. The number of fused-ring (bicyclic) bond motifs is 2. The summed E-state index contributed by atoms with van der Waals surface area (Å²) in [6.45, 7) is 13.2. The number of rotatable bonds is 2. The van der Waals surface area contributed by atoms with Crippen molar-refractivity contribution in [2.45, 2.75) is 85.6 Å². The first-order valence-electron chi connectivity index (χ1n) is 16.3. The minimum atomic E-state index is -1.89. The second-order valence-corrected chi connectivity index (χ2v) is 13.4. The van der Waals surface area contributed by atoms with E-state index in [2.05, 4.69) is 4.98 Å². The van der Waals surface area contributed by atoms with Crippen LogP contribution in [0.3, 0.4) is 0 Å². The molecule has 0 unspecified atom stereocenters. The first-order valence-corrected chi connectivity index (χ1v) is 16.3. The number of esters is 1. The van der Waals surface area contributed by atoms with Crippen molar-refractivity contribution in [3.05, 3.63) is 53.7 Å². The minimum Gasteiger partial charge on any atom is -0.507 e. The number of carbonyl (C=O) groups is 2. The number of nitrogens with zero attached hydrogens (tertiary/aromatic N) is 1. The fourth-order valence-electron chi connectivity index (χ4n) is 6.89. The van der Waals surface area contributed by atoms with Gasteiger partial charge >= 0.3 is 11.8 Å². The van der Waals surface area contributed by atoms with E-state index in [1.54, 1.807) is 58.9 Å². The average molecular weight is 680 g/mol. The number of aliphatic hydroxyl groups excluding tert-OH is 2. The van der Waals surface area contributed by atoms with Gasteiger partial charge in [-0.05, 0) is 19.9 Å². The number of aromatic hydroxyl groups is 2. The zero-order valence-corrected chi connectivity index (χ0v) is 29.2. The molecule has 9 atom stereocenters. The van der Waals surface area contributed by atoms with Crippen LogP contribution in [0, 0.1) is 30.6 Å². The molecular weight excluding hydrogens is 634 g/mol. The Kier molecular flexibility index (Phi) is 9.89. The van der Waals surface area contributed by atoms with E-state index >= 15 is 0 Å². The van der Waals surface area contributed by atoms with Gasteiger partial charge in [0, 0.05) is 67.2 Å². The number of ether oxygens (including phenoxy) is 4. The molecule has 0 saturated heterocycles. The second-order valence-electron chi connectivity index (χ2n) is 13.4. The van der Waals surface area contributed by atoms with Crippen LogP contribution >= 0.6 is 0 Å². The van der Waals surface area contributed by atoms with Crippen molar-refractivity contribution in [3.63, 3.8) is 0 Å². The van der Waals surface area contributed by atoms with Crippen molar-refractivity contribution in [1.82, 2.24) is 4.98 Å². The summed E-state index contributed by atoms with van der Waals surface area (Å²) in [5.74, 6) is -5.46. The summed E-state index contributed by atoms with van der Waals surface area (Å²) in [5.41, 5.74) is 1.30. The van der Waals surface area contributed by atoms with E-state index in [1.165, 1.54) is 33.3 Å². The molecule has 0 amide bonds. The number of hydrogen-bond donors (Lipinski definition) is 4. The van der Waals surface area contributed by atoms with Crippen LogP contribution in [0.2, 0.25) is 0 Å². The summed E-state index contributed by atoms with van der Waals surface area (Å²) >= 11 is 0. The van der Waals surface area contributed by atoms with Gasteiger partial charge in [-0.15, -0.1) is 0 Å². The van der Waals surface area contributed by atoms with E-state index in [0.29, 0.717) is 5.57 Å². The summed E-state index contributed by atoms with van der Waals surface area (Å²) in [4.78, 5) is 30.8. The van der Waals surface area contributed by atoms with Gasteiger partial charge in [-0.1, -0.05) is 45.9 Å². The molecule has 264 valence electrons. The van der Waals surface area contributed by atoms with Gasteiger partial charge in [0.2, 0.25) is 5.89 Å². The molecule has 49 heavy (non-hydrogen) atoms. The van der Waals surface area contributed by atoms with Crippen molar-refractivity contribution in [2.24, 2.45) is 23.7 Å². The Labute approximate surface area is 284 Å². The van der Waals surface area contributed by atoms with Crippen molar-refractivity contribution in [1.29, 1.82) is 0 Å². The lowest BCUT2D eigenvalue weighted by Crippen LogP contribution is -2.46. The highest BCUT2D eigenvalue weighted by Crippen LogP contribution is 2.51. The number of ketones is 1. The quantitative estimate of drug-likeness (QED) is 0.243. The molecule has 5 rings (SSSR count). The van der Waals surface area contributed by atoms with Gasteiger partial charge in [-0.3, -0.25) is 9.59 Å². The van der Waals surface area contributed by atoms with Crippen molar-refractivity contribution < 1.29 is 53.4 Å². The third-order valence-corrected chi connectivity index (χ3v) is 9.95. The normalized spacial score (nSPS) is 31.1. The van der Waals surface area contributed by atoms with Gasteiger partial charge in [0.1, 0.15) is 28.9 Å². The zero-order chi connectivity index (χ0) is 36.1. The summed E-state index contributed by atoms with van der Waals surface area (Å²) < 4.78 is 29.6. The highest BCUT2D eigenvalue weighted by atomic mass is 16.7. The van der Waals surface area contributed by atoms with Gasteiger partial charge in [0.05, 0.1) is 35.5 Å². The van der Waals surface area contributed by atoms with Crippen molar-refractivity contribution in [3.8, 4) is 17.2 Å². The van der Waals surface area contributed by atoms with E-state index in [0.717, 1.165) is 0 Å². The number of Topliss-reactive ketones (excluding diaryl/α,β-unsaturated/α-hetero) is 1. The molecule has 3 aromatic rings. The fourth-order valence-corrected chi connectivity index (χ4v) is 6.89. The zero-order valence-electron chi connectivity index (χ0n) is 29.2. The molecule has 0 spiro atoms. The van der Waals surface area contributed by atoms with Crippen LogP contribution in [0.5, 0.6) is 17.2 Å². The molecule has 0 fully saturated rings. The second kappa shape index (κ2) is 13.5. The van der Waals surface area contributed by atoms with Gasteiger partial charge in [0.15, 0.2) is 5.58 Å². The van der Waals surface area contributed by atoms with Crippen LogP contribution in [-0.2, 0) is 19.0 Å². The Morgan fingerprint density at radius 2 is 1.69 bits per heavy atom. The van der Waals surface area contributed by atoms with Crippen molar-refractivity contribution in [2.75, 3.05) is 7.11 Å². The molecule has 0 radical (unpaired) electrons. The molecule has 2 aromatic carbocycles. The van der Waals surface area contributed by atoms with E-state index < -0.39 is 59.7 Å². The third-order valence-electron chi connectivity index (χ3n) is 9.95. The Morgan fingerprint density at radius 3 is 2.35 bits per heavy atom. The molecule has 0 aliphatic carbocycles. The van der Waals surface area contributed by atoms with Crippen molar-refractivity contribution >= 4 is 39.2 Å². The lowest BCUT2D eigenvalue weighted by atomic mass is 9.78. The molecule has 3 heterocycles. The van der Waals surface area contributed by atoms with Crippen LogP contribution in [0.1, 0.15) is 70.3 Å². The highest BCUT2D eigenvalue weighted by Gasteiger charge is 2.49. The van der Waals surface area contributed by atoms with Gasteiger partial charge in [0.25, 0.3) is 5.78 Å². The maximum atomic E-state index is 14.0. The summed E-state index contributed by atoms with van der Waals surface area (Å²) in [6, 6.07) is 1.36. The molecule has 6 bridgehead atoms. The number of phenols is 2. The first-order chi connectivity index (χ1) is 23.0. The molecule has 12 heteroatoms. The number of carbonyl (C=O) groups excluding carboxylic acids is 2. The molecule has 12 nitrogen and oxygen atoms in total. The summed E-state index contributed by atoms with van der Waals surface area (Å²) in [7, 11) is 1.46. The van der Waals surface area contributed by atoms with Gasteiger partial charge in [-0.25, -0.2) is 4.98 Å². The average Bonchev–Trinajstić information content (AvgIpc) is 3.60. The van der Waals surface area contributed by atoms with Crippen LogP contribution in [0.4, 0.5) is 0 Å². The lowest BCUT2D eigenvalue weighted by Gasteiger charge is -2.38. The standard InChI is InChI=1S/C37H45NO11/c1-16-11-10-12-17(2)36-38-23-15-24(40)26-27(34(23)48-36)31(43)21(6)33-28(26)35(44)37(8,49-33)46-14-13-25(45-9)18(3)32(47-22(7)39)20(5)30(42)19(4)29(16)41/h10-16,18-20,25,29-30,32,40-43H,1-9H3/t16-,18+,19-,20-,25+,29-,30-,32-,37-/m0/s1. The number of hydrogen-bond acceptors (Lipinski definition) is 12. The SMILES string of the molecule is CO[C@@H]1C=CO[C@@]2(C)Oc3c(C)c(O)c4c(c(O)cc5nc(oc54)C(C)=CC=C[C@H](C)[C@H](O)[C@H](C)[C@H](O)[C@H](C)[C@@H](OC(C)=O)[C@@H]1C)c3C2=O. The fraction of sp³-hybridized carbons (Fsp3) is 0.486. The molecule has 1 aromatic heterocycles. The molecule has 0 saturated carbocycles. The highest BCUT2D eigenvalue weighted by molar-refractivity contribution is 6.23. The van der Waals surface area contributed by atoms with E-state index in [-0.39, 0.29) is 62.1 Å². The maximum Gasteiger partial charge on any atom is 0.312 e. The van der Waals surface area contributed by atoms with E-state index in [9.17, 15) is 30.0 Å². The van der Waals surface area contributed by atoms with Crippen LogP contribution < -0.4 is 4.74 Å². The topological polar surface area (TPSA) is 178 Å². The van der Waals surface area contributed by atoms with E-state index in [4.69, 9.17) is 23.4 Å². The monoisotopic (exact) mass is 679 g/mol. The smallest absolute Gasteiger partial charge is 0.312 e. The van der Waals surface area contributed by atoms with Gasteiger partial charge in [-0.2, -0.15) is 0 Å². The Bertz CT molecular complexity index is 1870. The molecule has 2 aliphatic rings. The summed E-state index contributed by atoms with van der Waals surface area (Å²) in [6.07, 6.45) is 4.52. The number of phenolic OH excluding ortho intramolecular Hbond substituents is 2. The Hall–Kier alpha value is -4.39. The lowest BCUT2D eigenvalue weighted by molar-refractivity contribution is -0.160. The number of oxazole rings is 1. The Morgan fingerprint density at radius 1 is 1.00 bits per heavy atom. The number of allylic oxidation sites excluding steroid dienone is 3. The first kappa shape index (κ1) is 35.9. The summed E-state index contributed by atoms with van der Waals surface area (Å²) in [5, 5.41) is 45.4. The number of aromatic nitrogens is 1. The minimum absolute atomic E-state index is 0.0169. The largest absolute Gasteiger partial charge is 0.507 e. The number of benzene rings is 2. The predicted octanol–water partition coefficient (Wildman–Crippen LogP) is 5.71. The van der Waals surface area contributed by atoms with Crippen LogP contribution in [-0.4, -0.2) is 74.5 Å². The van der Waals surface area contributed by atoms with Crippen LogP contribution in [0.25, 0.3) is 27.4 Å². The Balaban J connectivity index is 1.68. The number of methoxy groups -OCH3 is 1. The van der Waals surface area contributed by atoms with Gasteiger partial charge < -0.3 is 43.8 Å². The van der Waals surface area contributed by atoms with Crippen LogP contribution in [0.15, 0.2) is 41.0 Å². The molecule has 4 N–H and O–H groups in total.